The summed E-state index contributed by atoms with van der Waals surface area (Å²) >= 11 is 0. The molecular formula is C13H17FN2O3S. The Morgan fingerprint density at radius 3 is 2.35 bits per heavy atom. The lowest BCUT2D eigenvalue weighted by Gasteiger charge is -2.28. The lowest BCUT2D eigenvalue weighted by atomic mass is 10.2. The fourth-order valence-electron chi connectivity index (χ4n) is 1.95. The Bertz CT molecular complexity index is 597. The van der Waals surface area contributed by atoms with Crippen LogP contribution in [0.15, 0.2) is 24.3 Å². The maximum absolute atomic E-state index is 12.9. The van der Waals surface area contributed by atoms with Gasteiger partial charge in [0.2, 0.25) is 15.9 Å². The highest BCUT2D eigenvalue weighted by atomic mass is 32.2. The van der Waals surface area contributed by atoms with E-state index in [4.69, 9.17) is 0 Å². The van der Waals surface area contributed by atoms with Crippen LogP contribution in [0.25, 0.3) is 0 Å². The summed E-state index contributed by atoms with van der Waals surface area (Å²) in [7, 11) is -3.64. The summed E-state index contributed by atoms with van der Waals surface area (Å²) in [6.07, 6.45) is 2.87. The van der Waals surface area contributed by atoms with Gasteiger partial charge in [-0.15, -0.1) is 0 Å². The number of benzene rings is 1. The molecule has 0 saturated heterocycles. The summed E-state index contributed by atoms with van der Waals surface area (Å²) in [6, 6.07) is 4.29. The number of anilines is 1. The molecule has 7 heteroatoms. The van der Waals surface area contributed by atoms with E-state index >= 15 is 0 Å². The fraction of sp³-hybridized carbons (Fsp3) is 0.462. The van der Waals surface area contributed by atoms with E-state index in [1.165, 1.54) is 31.2 Å². The molecule has 1 saturated carbocycles. The van der Waals surface area contributed by atoms with Crippen molar-refractivity contribution in [3.8, 4) is 0 Å². The van der Waals surface area contributed by atoms with Crippen molar-refractivity contribution in [3.63, 3.8) is 0 Å². The smallest absolute Gasteiger partial charge is 0.243 e. The molecule has 0 aliphatic heterocycles. The molecule has 20 heavy (non-hydrogen) atoms. The van der Waals surface area contributed by atoms with E-state index in [1.54, 1.807) is 0 Å². The molecule has 1 aliphatic carbocycles. The maximum Gasteiger partial charge on any atom is 0.243 e. The number of nitrogens with one attached hydrogen (secondary N) is 1. The van der Waals surface area contributed by atoms with Crippen LogP contribution in [0.4, 0.5) is 10.1 Å². The average Bonchev–Trinajstić information content (AvgIpc) is 3.14. The van der Waals surface area contributed by atoms with Gasteiger partial charge in [0, 0.05) is 6.04 Å². The van der Waals surface area contributed by atoms with Gasteiger partial charge in [-0.25, -0.2) is 12.8 Å². The monoisotopic (exact) mass is 300 g/mol. The number of sulfonamides is 1. The van der Waals surface area contributed by atoms with Gasteiger partial charge < -0.3 is 5.32 Å². The van der Waals surface area contributed by atoms with Gasteiger partial charge in [0.05, 0.1) is 11.9 Å². The van der Waals surface area contributed by atoms with E-state index in [-0.39, 0.29) is 17.6 Å². The van der Waals surface area contributed by atoms with Gasteiger partial charge in [-0.2, -0.15) is 0 Å². The third-order valence-electron chi connectivity index (χ3n) is 3.09. The van der Waals surface area contributed by atoms with Crippen molar-refractivity contribution in [1.29, 1.82) is 0 Å². The van der Waals surface area contributed by atoms with E-state index in [1.807, 2.05) is 0 Å². The summed E-state index contributed by atoms with van der Waals surface area (Å²) in [5.41, 5.74) is 0.271. The van der Waals surface area contributed by atoms with Gasteiger partial charge in [-0.3, -0.25) is 9.10 Å². The third-order valence-corrected chi connectivity index (χ3v) is 4.33. The Balaban J connectivity index is 2.27. The zero-order valence-electron chi connectivity index (χ0n) is 11.3. The molecule has 0 spiro atoms. The zero-order chi connectivity index (χ0) is 14.9. The largest absolute Gasteiger partial charge is 0.352 e. The lowest BCUT2D eigenvalue weighted by molar-refractivity contribution is -0.121. The van der Waals surface area contributed by atoms with E-state index in [9.17, 15) is 17.6 Å². The average molecular weight is 300 g/mol. The van der Waals surface area contributed by atoms with Crippen molar-refractivity contribution in [2.45, 2.75) is 31.8 Å². The first-order valence-electron chi connectivity index (χ1n) is 6.34. The van der Waals surface area contributed by atoms with Crippen LogP contribution < -0.4 is 9.62 Å². The second-order valence-corrected chi connectivity index (χ2v) is 6.85. The van der Waals surface area contributed by atoms with Gasteiger partial charge in [0.25, 0.3) is 0 Å². The molecule has 1 aromatic carbocycles. The van der Waals surface area contributed by atoms with Crippen LogP contribution in [0.3, 0.4) is 0 Å². The van der Waals surface area contributed by atoms with Crippen LogP contribution in [-0.4, -0.2) is 32.7 Å². The van der Waals surface area contributed by atoms with Crippen molar-refractivity contribution in [2.75, 3.05) is 10.6 Å². The van der Waals surface area contributed by atoms with Crippen LogP contribution in [0, 0.1) is 5.82 Å². The molecule has 2 rings (SSSR count). The number of carbonyl (C=O) groups is 1. The number of carbonyl (C=O) groups excluding carboxylic acids is 1. The minimum absolute atomic E-state index is 0.152. The van der Waals surface area contributed by atoms with Crippen molar-refractivity contribution in [3.05, 3.63) is 30.1 Å². The Kier molecular flexibility index (Phi) is 3.99. The highest BCUT2D eigenvalue weighted by Gasteiger charge is 2.32. The summed E-state index contributed by atoms with van der Waals surface area (Å²) in [6.45, 7) is 1.52. The molecule has 1 N–H and O–H groups in total. The number of rotatable bonds is 5. The first-order chi connectivity index (χ1) is 9.29. The zero-order valence-corrected chi connectivity index (χ0v) is 12.2. The quantitative estimate of drug-likeness (QED) is 0.890. The second kappa shape index (κ2) is 5.40. The van der Waals surface area contributed by atoms with E-state index in [0.29, 0.717) is 0 Å². The SMILES string of the molecule is C[C@H](C(=O)NC1CC1)N(c1ccc(F)cc1)S(C)(=O)=O. The lowest BCUT2D eigenvalue weighted by Crippen LogP contribution is -2.48. The molecule has 1 aromatic rings. The number of halogens is 1. The predicted molar refractivity (Wildman–Crippen MR) is 74.3 cm³/mol. The number of amides is 1. The van der Waals surface area contributed by atoms with Gasteiger partial charge in [0.15, 0.2) is 0 Å². The Morgan fingerprint density at radius 1 is 1.35 bits per heavy atom. The summed E-state index contributed by atoms with van der Waals surface area (Å²) in [5, 5.41) is 2.77. The molecule has 0 bridgehead atoms. The highest BCUT2D eigenvalue weighted by Crippen LogP contribution is 2.23. The van der Waals surface area contributed by atoms with Gasteiger partial charge in [-0.05, 0) is 44.0 Å². The van der Waals surface area contributed by atoms with Crippen LogP contribution in [0.2, 0.25) is 0 Å². The second-order valence-electron chi connectivity index (χ2n) is 4.99. The van der Waals surface area contributed by atoms with E-state index < -0.39 is 21.9 Å². The van der Waals surface area contributed by atoms with Crippen LogP contribution >= 0.6 is 0 Å². The van der Waals surface area contributed by atoms with Gasteiger partial charge in [0.1, 0.15) is 11.9 Å². The molecule has 0 aromatic heterocycles. The van der Waals surface area contributed by atoms with Gasteiger partial charge >= 0.3 is 0 Å². The topological polar surface area (TPSA) is 66.5 Å². The first kappa shape index (κ1) is 14.8. The van der Waals surface area contributed by atoms with E-state index in [2.05, 4.69) is 5.32 Å². The standard InChI is InChI=1S/C13H17FN2O3S/c1-9(13(17)15-11-5-6-11)16(20(2,18)19)12-7-3-10(14)4-8-12/h3-4,7-9,11H,5-6H2,1-2H3,(H,15,17)/t9-/m1/s1. The number of hydrogen-bond donors (Lipinski definition) is 1. The molecule has 0 heterocycles. The molecule has 1 fully saturated rings. The summed E-state index contributed by atoms with van der Waals surface area (Å²) in [4.78, 5) is 12.0. The minimum Gasteiger partial charge on any atom is -0.352 e. The molecule has 1 atom stereocenters. The predicted octanol–water partition coefficient (Wildman–Crippen LogP) is 1.26. The third kappa shape index (κ3) is 3.47. The normalized spacial score (nSPS) is 16.6. The first-order valence-corrected chi connectivity index (χ1v) is 8.19. The van der Waals surface area contributed by atoms with Crippen LogP contribution in [0.5, 0.6) is 0 Å². The molecule has 1 aliphatic rings. The summed E-state index contributed by atoms with van der Waals surface area (Å²) < 4.78 is 37.8. The van der Waals surface area contributed by atoms with E-state index in [0.717, 1.165) is 23.4 Å². The van der Waals surface area contributed by atoms with Crippen molar-refractivity contribution >= 4 is 21.6 Å². The van der Waals surface area contributed by atoms with Crippen molar-refractivity contribution in [1.82, 2.24) is 5.32 Å². The molecule has 110 valence electrons. The van der Waals surface area contributed by atoms with Crippen molar-refractivity contribution < 1.29 is 17.6 Å². The summed E-state index contributed by atoms with van der Waals surface area (Å²) in [5.74, 6) is -0.806. The number of nitrogens with zero attached hydrogens (tertiary/aromatic N) is 1. The van der Waals surface area contributed by atoms with Crippen LogP contribution in [-0.2, 0) is 14.8 Å². The Hall–Kier alpha value is -1.63. The molecule has 0 radical (unpaired) electrons. The molecular weight excluding hydrogens is 283 g/mol. The molecule has 1 amide bonds. The fourth-order valence-corrected chi connectivity index (χ4v) is 3.12. The molecule has 5 nitrogen and oxygen atoms in total. The van der Waals surface area contributed by atoms with Crippen molar-refractivity contribution in [2.24, 2.45) is 0 Å². The van der Waals surface area contributed by atoms with Gasteiger partial charge in [-0.1, -0.05) is 0 Å². The van der Waals surface area contributed by atoms with Crippen LogP contribution in [0.1, 0.15) is 19.8 Å². The minimum atomic E-state index is -3.64. The maximum atomic E-state index is 12.9. The Morgan fingerprint density at radius 2 is 1.90 bits per heavy atom. The highest BCUT2D eigenvalue weighted by molar-refractivity contribution is 7.92. The Labute approximate surface area is 117 Å². The number of hydrogen-bond acceptors (Lipinski definition) is 3. The molecule has 0 unspecified atom stereocenters.